The molecule has 274 valence electrons. The van der Waals surface area contributed by atoms with E-state index in [0.29, 0.717) is 22.3 Å². The van der Waals surface area contributed by atoms with Crippen LogP contribution in [0.1, 0.15) is 0 Å². The van der Waals surface area contributed by atoms with Gasteiger partial charge in [-0.3, -0.25) is 9.80 Å². The molecule has 4 aromatic heterocycles. The molecule has 0 aliphatic rings. The molecule has 8 nitrogen and oxygen atoms in total. The van der Waals surface area contributed by atoms with Crippen molar-refractivity contribution in [1.82, 2.24) is 9.97 Å². The largest absolute Gasteiger partial charge is 0.504 e. The lowest BCUT2D eigenvalue weighted by Gasteiger charge is -2.28. The standard InChI is InChI=1S/C50H30N4O4/c55-41-15-7-11-33-31-9-5-13-39(47(31)57-49(33)41)53(43-17-1-3-27-51-43)37-25-21-29-20-24-36-38(26-22-30-19-23-35(37)45(29)46(30)36)54(44-18-2-4-28-52-44)40-14-6-10-32-34-12-8-16-42(56)50(34)58-48(32)40/h1-28,55-56H. The number of phenols is 2. The zero-order valence-electron chi connectivity index (χ0n) is 30.7. The Labute approximate surface area is 330 Å². The van der Waals surface area contributed by atoms with E-state index in [4.69, 9.17) is 18.8 Å². The topological polar surface area (TPSA) is 99.0 Å². The number of rotatable bonds is 6. The third-order valence-corrected chi connectivity index (χ3v) is 11.3. The summed E-state index contributed by atoms with van der Waals surface area (Å²) in [4.78, 5) is 14.0. The second-order valence-electron chi connectivity index (χ2n) is 14.5. The van der Waals surface area contributed by atoms with Crippen LogP contribution in [0.15, 0.2) is 179 Å². The highest BCUT2D eigenvalue weighted by Crippen LogP contribution is 2.50. The normalized spacial score (nSPS) is 11.9. The number of nitrogens with zero attached hydrogens (tertiary/aromatic N) is 4. The maximum Gasteiger partial charge on any atom is 0.177 e. The van der Waals surface area contributed by atoms with Crippen molar-refractivity contribution in [2.24, 2.45) is 0 Å². The molecule has 8 aromatic carbocycles. The molecule has 12 rings (SSSR count). The molecule has 4 heterocycles. The minimum absolute atomic E-state index is 0.0945. The first-order valence-electron chi connectivity index (χ1n) is 19.0. The quantitative estimate of drug-likeness (QED) is 0.162. The zero-order chi connectivity index (χ0) is 38.5. The van der Waals surface area contributed by atoms with Crippen molar-refractivity contribution in [3.8, 4) is 11.5 Å². The number of furan rings is 2. The van der Waals surface area contributed by atoms with Gasteiger partial charge in [0.2, 0.25) is 0 Å². The Hall–Kier alpha value is -8.10. The number of fused-ring (bicyclic) bond motifs is 6. The third-order valence-electron chi connectivity index (χ3n) is 11.3. The van der Waals surface area contributed by atoms with Gasteiger partial charge in [0.15, 0.2) is 33.8 Å². The summed E-state index contributed by atoms with van der Waals surface area (Å²) in [5.41, 5.74) is 5.65. The average Bonchev–Trinajstić information content (AvgIpc) is 3.86. The molecule has 0 saturated carbocycles. The molecule has 0 fully saturated rings. The Bertz CT molecular complexity index is 3320. The minimum Gasteiger partial charge on any atom is -0.504 e. The second kappa shape index (κ2) is 12.2. The molecule has 0 unspecified atom stereocenters. The number of pyridine rings is 2. The van der Waals surface area contributed by atoms with Crippen LogP contribution in [0.3, 0.4) is 0 Å². The van der Waals surface area contributed by atoms with Crippen LogP contribution in [-0.4, -0.2) is 20.2 Å². The summed E-state index contributed by atoms with van der Waals surface area (Å²) in [6.07, 6.45) is 3.59. The fraction of sp³-hybridized carbons (Fsp3) is 0. The third kappa shape index (κ3) is 4.57. The van der Waals surface area contributed by atoms with Gasteiger partial charge in [-0.2, -0.15) is 0 Å². The average molecular weight is 751 g/mol. The van der Waals surface area contributed by atoms with Crippen molar-refractivity contribution < 1.29 is 19.0 Å². The van der Waals surface area contributed by atoms with E-state index in [-0.39, 0.29) is 11.5 Å². The number of phenolic OH excluding ortho intramolecular Hbond substituents is 2. The highest BCUT2D eigenvalue weighted by atomic mass is 16.4. The highest BCUT2D eigenvalue weighted by Gasteiger charge is 2.26. The number of benzene rings is 8. The Kier molecular flexibility index (Phi) is 6.77. The maximum absolute atomic E-state index is 10.8. The maximum atomic E-state index is 10.8. The predicted octanol–water partition coefficient (Wildman–Crippen LogP) is 13.5. The summed E-state index contributed by atoms with van der Waals surface area (Å²) in [5.74, 6) is 1.64. The van der Waals surface area contributed by atoms with Crippen molar-refractivity contribution in [2.45, 2.75) is 0 Å². The molecule has 58 heavy (non-hydrogen) atoms. The van der Waals surface area contributed by atoms with E-state index in [1.54, 1.807) is 24.5 Å². The lowest BCUT2D eigenvalue weighted by Crippen LogP contribution is -2.13. The van der Waals surface area contributed by atoms with Crippen molar-refractivity contribution in [3.05, 3.63) is 170 Å². The van der Waals surface area contributed by atoms with E-state index < -0.39 is 0 Å². The van der Waals surface area contributed by atoms with E-state index in [9.17, 15) is 10.2 Å². The minimum atomic E-state index is 0.0945. The van der Waals surface area contributed by atoms with Gasteiger partial charge < -0.3 is 19.0 Å². The van der Waals surface area contributed by atoms with Crippen molar-refractivity contribution in [2.75, 3.05) is 9.80 Å². The van der Waals surface area contributed by atoms with Gasteiger partial charge in [-0.1, -0.05) is 97.1 Å². The number of aromatic hydroxyl groups is 2. The van der Waals surface area contributed by atoms with Gasteiger partial charge in [0.1, 0.15) is 11.6 Å². The summed E-state index contributed by atoms with van der Waals surface area (Å²) in [6, 6.07) is 52.2. The first kappa shape index (κ1) is 32.2. The molecule has 0 saturated heterocycles. The van der Waals surface area contributed by atoms with Gasteiger partial charge in [0.05, 0.1) is 22.7 Å². The molecule has 12 aromatic rings. The molecular formula is C50H30N4O4. The molecule has 8 heteroatoms. The van der Waals surface area contributed by atoms with Gasteiger partial charge in [-0.15, -0.1) is 0 Å². The number of hydrogen-bond acceptors (Lipinski definition) is 8. The van der Waals surface area contributed by atoms with Gasteiger partial charge >= 0.3 is 0 Å². The second-order valence-corrected chi connectivity index (χ2v) is 14.5. The Morgan fingerprint density at radius 1 is 0.345 bits per heavy atom. The van der Waals surface area contributed by atoms with Crippen LogP contribution >= 0.6 is 0 Å². The lowest BCUT2D eigenvalue weighted by atomic mass is 9.92. The zero-order valence-corrected chi connectivity index (χ0v) is 30.7. The Morgan fingerprint density at radius 2 is 0.759 bits per heavy atom. The molecule has 0 bridgehead atoms. The van der Waals surface area contributed by atoms with Crippen molar-refractivity contribution in [1.29, 1.82) is 0 Å². The first-order chi connectivity index (χ1) is 28.6. The van der Waals surface area contributed by atoms with Gasteiger partial charge in [0.25, 0.3) is 0 Å². The number of anilines is 6. The fourth-order valence-corrected chi connectivity index (χ4v) is 8.82. The van der Waals surface area contributed by atoms with Crippen LogP contribution in [0, 0.1) is 0 Å². The van der Waals surface area contributed by atoms with Crippen LogP contribution in [0.2, 0.25) is 0 Å². The summed E-state index contributed by atoms with van der Waals surface area (Å²) in [6.45, 7) is 0. The van der Waals surface area contributed by atoms with E-state index in [0.717, 1.165) is 88.2 Å². The van der Waals surface area contributed by atoms with Crippen LogP contribution < -0.4 is 9.80 Å². The highest BCUT2D eigenvalue weighted by molar-refractivity contribution is 6.28. The molecule has 0 aliphatic carbocycles. The van der Waals surface area contributed by atoms with Crippen LogP contribution in [0.5, 0.6) is 11.5 Å². The SMILES string of the molecule is Oc1cccc2c1oc1c(N(c3ccccn3)c3ccc4ccc5c(N(c6ccccn6)c6cccc7c6oc6c(O)cccc67)ccc6ccc3c4c65)cccc12. The number of aromatic nitrogens is 2. The van der Waals surface area contributed by atoms with Gasteiger partial charge in [-0.25, -0.2) is 9.97 Å². The smallest absolute Gasteiger partial charge is 0.177 e. The molecule has 0 amide bonds. The molecule has 0 aliphatic heterocycles. The first-order valence-corrected chi connectivity index (χ1v) is 19.0. The Balaban J connectivity index is 1.13. The van der Waals surface area contributed by atoms with Gasteiger partial charge in [-0.05, 0) is 82.2 Å². The van der Waals surface area contributed by atoms with Gasteiger partial charge in [0, 0.05) is 44.7 Å². The van der Waals surface area contributed by atoms with E-state index >= 15 is 0 Å². The van der Waals surface area contributed by atoms with Crippen LogP contribution in [0.4, 0.5) is 34.4 Å². The van der Waals surface area contributed by atoms with E-state index in [1.165, 1.54) is 0 Å². The lowest BCUT2D eigenvalue weighted by molar-refractivity contribution is 0.468. The molecule has 2 N–H and O–H groups in total. The Morgan fingerprint density at radius 3 is 1.19 bits per heavy atom. The summed E-state index contributed by atoms with van der Waals surface area (Å²) >= 11 is 0. The fourth-order valence-electron chi connectivity index (χ4n) is 8.82. The van der Waals surface area contributed by atoms with Crippen molar-refractivity contribution in [3.63, 3.8) is 0 Å². The number of para-hydroxylation sites is 4. The number of hydrogen-bond donors (Lipinski definition) is 2. The van der Waals surface area contributed by atoms with Crippen LogP contribution in [-0.2, 0) is 0 Å². The predicted molar refractivity (Wildman–Crippen MR) is 233 cm³/mol. The summed E-state index contributed by atoms with van der Waals surface area (Å²) in [5, 5.41) is 31.6. The van der Waals surface area contributed by atoms with Crippen molar-refractivity contribution >= 4 is 111 Å². The van der Waals surface area contributed by atoms with Crippen LogP contribution in [0.25, 0.3) is 76.2 Å². The summed E-state index contributed by atoms with van der Waals surface area (Å²) in [7, 11) is 0. The molecule has 0 spiro atoms. The summed E-state index contributed by atoms with van der Waals surface area (Å²) < 4.78 is 13.0. The monoisotopic (exact) mass is 750 g/mol. The molecule has 0 radical (unpaired) electrons. The van der Waals surface area contributed by atoms with E-state index in [2.05, 4.69) is 58.3 Å². The van der Waals surface area contributed by atoms with E-state index in [1.807, 2.05) is 97.1 Å². The molecule has 0 atom stereocenters. The molecular weight excluding hydrogens is 721 g/mol.